The summed E-state index contributed by atoms with van der Waals surface area (Å²) in [5.41, 5.74) is 0.457. The van der Waals surface area contributed by atoms with Crippen LogP contribution >= 0.6 is 11.6 Å². The molecule has 0 unspecified atom stereocenters. The third-order valence-corrected chi connectivity index (χ3v) is 2.01. The van der Waals surface area contributed by atoms with Crippen molar-refractivity contribution < 1.29 is 19.7 Å². The van der Waals surface area contributed by atoms with E-state index in [0.29, 0.717) is 10.6 Å². The van der Waals surface area contributed by atoms with Crippen molar-refractivity contribution in [3.8, 4) is 0 Å². The van der Waals surface area contributed by atoms with Crippen molar-refractivity contribution in [1.82, 2.24) is 0 Å². The molecule has 1 rings (SSSR count). The highest BCUT2D eigenvalue weighted by Gasteiger charge is 2.17. The van der Waals surface area contributed by atoms with Gasteiger partial charge in [0.1, 0.15) is 0 Å². The van der Waals surface area contributed by atoms with Crippen LogP contribution in [-0.4, -0.2) is 23.0 Å². The largest absolute Gasteiger partial charge is 0.506 e. The Morgan fingerprint density at radius 3 is 2.64 bits per heavy atom. The Balaban J connectivity index is 2.89. The van der Waals surface area contributed by atoms with E-state index in [2.05, 4.69) is 4.74 Å². The summed E-state index contributed by atoms with van der Waals surface area (Å²) >= 11 is 5.80. The summed E-state index contributed by atoms with van der Waals surface area (Å²) in [6.45, 7) is -0.434. The Morgan fingerprint density at radius 2 is 2.14 bits per heavy atom. The molecule has 0 radical (unpaired) electrons. The van der Waals surface area contributed by atoms with Crippen LogP contribution in [0.3, 0.4) is 0 Å². The zero-order valence-electron chi connectivity index (χ0n) is 7.18. The number of rotatable bonds is 3. The van der Waals surface area contributed by atoms with Gasteiger partial charge < -0.3 is 14.9 Å². The average Bonchev–Trinajstić information content (AvgIpc) is 2.15. The van der Waals surface area contributed by atoms with E-state index in [1.165, 1.54) is 0 Å². The molecule has 0 heterocycles. The fraction of sp³-hybridized carbons (Fsp3) is 0.222. The van der Waals surface area contributed by atoms with E-state index in [1.807, 2.05) is 0 Å². The molecule has 0 amide bonds. The van der Waals surface area contributed by atoms with E-state index < -0.39 is 18.9 Å². The maximum atomic E-state index is 10.3. The molecular formula is C9H9ClO4. The van der Waals surface area contributed by atoms with E-state index in [1.54, 1.807) is 24.3 Å². The monoisotopic (exact) mass is 216 g/mol. The number of ether oxygens (including phenoxy) is 1. The maximum Gasteiger partial charge on any atom is 0.506 e. The van der Waals surface area contributed by atoms with E-state index in [4.69, 9.17) is 21.8 Å². The van der Waals surface area contributed by atoms with Crippen molar-refractivity contribution in [1.29, 1.82) is 0 Å². The third kappa shape index (κ3) is 2.61. The molecule has 0 aliphatic heterocycles. The maximum absolute atomic E-state index is 10.3. The summed E-state index contributed by atoms with van der Waals surface area (Å²) in [6, 6.07) is 6.60. The molecule has 0 saturated carbocycles. The van der Waals surface area contributed by atoms with Gasteiger partial charge in [0.15, 0.2) is 6.10 Å². The molecule has 14 heavy (non-hydrogen) atoms. The first kappa shape index (κ1) is 10.8. The SMILES string of the molecule is O=C(O)O[C@@H](CO)c1ccccc1Cl. The molecule has 5 heteroatoms. The molecule has 1 aromatic rings. The number of hydrogen-bond acceptors (Lipinski definition) is 3. The van der Waals surface area contributed by atoms with E-state index in [0.717, 1.165) is 0 Å². The molecule has 1 atom stereocenters. The average molecular weight is 217 g/mol. The molecular weight excluding hydrogens is 208 g/mol. The lowest BCUT2D eigenvalue weighted by Gasteiger charge is -2.14. The molecule has 0 aliphatic rings. The number of carboxylic acid groups (broad SMARTS) is 1. The molecule has 76 valence electrons. The lowest BCUT2D eigenvalue weighted by atomic mass is 10.1. The highest BCUT2D eigenvalue weighted by Crippen LogP contribution is 2.24. The van der Waals surface area contributed by atoms with E-state index >= 15 is 0 Å². The topological polar surface area (TPSA) is 66.8 Å². The second-order valence-corrected chi connectivity index (χ2v) is 2.98. The van der Waals surface area contributed by atoms with Crippen LogP contribution < -0.4 is 0 Å². The van der Waals surface area contributed by atoms with Gasteiger partial charge in [0.2, 0.25) is 0 Å². The van der Waals surface area contributed by atoms with Crippen LogP contribution in [0, 0.1) is 0 Å². The van der Waals surface area contributed by atoms with Crippen LogP contribution in [0.15, 0.2) is 24.3 Å². The van der Waals surface area contributed by atoms with Crippen LogP contribution in [0.4, 0.5) is 4.79 Å². The number of carbonyl (C=O) groups is 1. The number of halogens is 1. The van der Waals surface area contributed by atoms with Gasteiger partial charge in [-0.3, -0.25) is 0 Å². The zero-order chi connectivity index (χ0) is 10.6. The van der Waals surface area contributed by atoms with Crippen molar-refractivity contribution in [2.24, 2.45) is 0 Å². The summed E-state index contributed by atoms with van der Waals surface area (Å²) in [7, 11) is 0. The van der Waals surface area contributed by atoms with Crippen molar-refractivity contribution in [3.63, 3.8) is 0 Å². The number of aliphatic hydroxyl groups is 1. The summed E-state index contributed by atoms with van der Waals surface area (Å²) in [5, 5.41) is 17.7. The summed E-state index contributed by atoms with van der Waals surface area (Å²) in [4.78, 5) is 10.3. The van der Waals surface area contributed by atoms with Gasteiger partial charge in [-0.2, -0.15) is 0 Å². The Bertz CT molecular complexity index is 326. The molecule has 0 bridgehead atoms. The number of aliphatic hydroxyl groups excluding tert-OH is 1. The molecule has 0 spiro atoms. The van der Waals surface area contributed by atoms with Gasteiger partial charge >= 0.3 is 6.16 Å². The molecule has 0 fully saturated rings. The predicted molar refractivity (Wildman–Crippen MR) is 50.4 cm³/mol. The highest BCUT2D eigenvalue weighted by atomic mass is 35.5. The molecule has 0 saturated heterocycles. The van der Waals surface area contributed by atoms with Crippen LogP contribution in [0.2, 0.25) is 5.02 Å². The van der Waals surface area contributed by atoms with Crippen LogP contribution in [0.5, 0.6) is 0 Å². The standard InChI is InChI=1S/C9H9ClO4/c10-7-4-2-1-3-6(7)8(5-11)14-9(12)13/h1-4,8,11H,5H2,(H,12,13)/t8-/m0/s1. The summed E-state index contributed by atoms with van der Waals surface area (Å²) < 4.78 is 4.45. The van der Waals surface area contributed by atoms with Crippen molar-refractivity contribution in [3.05, 3.63) is 34.9 Å². The number of benzene rings is 1. The van der Waals surface area contributed by atoms with E-state index in [9.17, 15) is 4.79 Å². The fourth-order valence-corrected chi connectivity index (χ4v) is 1.31. The van der Waals surface area contributed by atoms with Crippen LogP contribution in [0.25, 0.3) is 0 Å². The lowest BCUT2D eigenvalue weighted by molar-refractivity contribution is 0.0233. The minimum atomic E-state index is -1.44. The zero-order valence-corrected chi connectivity index (χ0v) is 7.94. The second-order valence-electron chi connectivity index (χ2n) is 2.58. The minimum Gasteiger partial charge on any atom is -0.450 e. The van der Waals surface area contributed by atoms with Gasteiger partial charge in [-0.05, 0) is 6.07 Å². The first-order chi connectivity index (χ1) is 6.65. The van der Waals surface area contributed by atoms with Crippen molar-refractivity contribution in [2.45, 2.75) is 6.10 Å². The molecule has 0 aliphatic carbocycles. The molecule has 2 N–H and O–H groups in total. The lowest BCUT2D eigenvalue weighted by Crippen LogP contribution is -2.13. The van der Waals surface area contributed by atoms with E-state index in [-0.39, 0.29) is 0 Å². The minimum absolute atomic E-state index is 0.368. The summed E-state index contributed by atoms with van der Waals surface area (Å²) in [6.07, 6.45) is -2.37. The van der Waals surface area contributed by atoms with Gasteiger partial charge in [0.05, 0.1) is 6.61 Å². The Morgan fingerprint density at radius 1 is 1.50 bits per heavy atom. The van der Waals surface area contributed by atoms with Crippen molar-refractivity contribution >= 4 is 17.8 Å². The molecule has 4 nitrogen and oxygen atoms in total. The molecule has 1 aromatic carbocycles. The first-order valence-electron chi connectivity index (χ1n) is 3.90. The van der Waals surface area contributed by atoms with Crippen molar-refractivity contribution in [2.75, 3.05) is 6.61 Å². The first-order valence-corrected chi connectivity index (χ1v) is 4.28. The Labute approximate surface area is 85.7 Å². The Hall–Kier alpha value is -1.26. The van der Waals surface area contributed by atoms with Gasteiger partial charge in [-0.1, -0.05) is 29.8 Å². The summed E-state index contributed by atoms with van der Waals surface area (Å²) in [5.74, 6) is 0. The smallest absolute Gasteiger partial charge is 0.450 e. The van der Waals surface area contributed by atoms with Gasteiger partial charge in [-0.15, -0.1) is 0 Å². The third-order valence-electron chi connectivity index (χ3n) is 1.66. The van der Waals surface area contributed by atoms with Gasteiger partial charge in [0.25, 0.3) is 0 Å². The second kappa shape index (κ2) is 4.83. The highest BCUT2D eigenvalue weighted by molar-refractivity contribution is 6.31. The fourth-order valence-electron chi connectivity index (χ4n) is 1.06. The molecule has 0 aromatic heterocycles. The normalized spacial score (nSPS) is 12.1. The van der Waals surface area contributed by atoms with Crippen LogP contribution in [0.1, 0.15) is 11.7 Å². The number of hydrogen-bond donors (Lipinski definition) is 2. The predicted octanol–water partition coefficient (Wildman–Crippen LogP) is 2.07. The van der Waals surface area contributed by atoms with Crippen LogP contribution in [-0.2, 0) is 4.74 Å². The van der Waals surface area contributed by atoms with Gasteiger partial charge in [0, 0.05) is 10.6 Å². The van der Waals surface area contributed by atoms with Gasteiger partial charge in [-0.25, -0.2) is 4.79 Å². The Kier molecular flexibility index (Phi) is 3.73. The quantitative estimate of drug-likeness (QED) is 0.759.